The van der Waals surface area contributed by atoms with Crippen LogP contribution in [0.1, 0.15) is 0 Å². The maximum atomic E-state index is 11.9. The third-order valence-electron chi connectivity index (χ3n) is 1.39. The molecule has 0 aliphatic carbocycles. The SMILES string of the molecule is O=S(=O)(Cl)c1cc(Br)ccc1OC(F)(F)F. The lowest BCUT2D eigenvalue weighted by Gasteiger charge is -2.11. The van der Waals surface area contributed by atoms with Gasteiger partial charge < -0.3 is 4.74 Å². The van der Waals surface area contributed by atoms with Gasteiger partial charge in [-0.15, -0.1) is 13.2 Å². The molecule has 0 atom stereocenters. The Kier molecular flexibility index (Phi) is 3.76. The molecule has 0 N–H and O–H groups in total. The molecule has 0 radical (unpaired) electrons. The molecule has 0 fully saturated rings. The van der Waals surface area contributed by atoms with Crippen LogP contribution in [0.15, 0.2) is 27.6 Å². The van der Waals surface area contributed by atoms with Crippen molar-refractivity contribution in [1.82, 2.24) is 0 Å². The molecule has 0 aromatic heterocycles. The number of rotatable bonds is 2. The molecule has 0 aliphatic heterocycles. The summed E-state index contributed by atoms with van der Waals surface area (Å²) in [6.45, 7) is 0. The Morgan fingerprint density at radius 2 is 1.88 bits per heavy atom. The number of hydrogen-bond donors (Lipinski definition) is 0. The number of alkyl halides is 3. The molecule has 0 unspecified atom stereocenters. The molecule has 0 aliphatic rings. The standard InChI is InChI=1S/C7H3BrClF3O3S/c8-4-1-2-5(15-7(10,11)12)6(3-4)16(9,13)14/h1-3H. The normalized spacial score (nSPS) is 12.6. The minimum Gasteiger partial charge on any atom is -0.404 e. The number of hydrogen-bond acceptors (Lipinski definition) is 3. The summed E-state index contributed by atoms with van der Waals surface area (Å²) in [6, 6.07) is 2.98. The lowest BCUT2D eigenvalue weighted by atomic mass is 10.3. The Balaban J connectivity index is 3.30. The fourth-order valence-corrected chi connectivity index (χ4v) is 2.37. The van der Waals surface area contributed by atoms with Gasteiger partial charge in [0.15, 0.2) is 0 Å². The van der Waals surface area contributed by atoms with Crippen molar-refractivity contribution in [2.45, 2.75) is 11.3 Å². The Bertz CT molecular complexity index is 500. The zero-order chi connectivity index (χ0) is 12.6. The van der Waals surface area contributed by atoms with E-state index in [9.17, 15) is 21.6 Å². The summed E-state index contributed by atoms with van der Waals surface area (Å²) in [5.74, 6) is -0.870. The quantitative estimate of drug-likeness (QED) is 0.777. The first kappa shape index (κ1) is 13.6. The zero-order valence-electron chi connectivity index (χ0n) is 7.25. The largest absolute Gasteiger partial charge is 0.573 e. The molecule has 0 saturated heterocycles. The first-order valence-corrected chi connectivity index (χ1v) is 6.70. The number of benzene rings is 1. The molecule has 0 saturated carbocycles. The molecule has 0 amide bonds. The van der Waals surface area contributed by atoms with Crippen molar-refractivity contribution in [2.75, 3.05) is 0 Å². The summed E-state index contributed by atoms with van der Waals surface area (Å²) in [4.78, 5) is -0.749. The van der Waals surface area contributed by atoms with Crippen molar-refractivity contribution in [3.8, 4) is 5.75 Å². The van der Waals surface area contributed by atoms with Gasteiger partial charge in [-0.1, -0.05) is 15.9 Å². The van der Waals surface area contributed by atoms with Crippen molar-refractivity contribution in [1.29, 1.82) is 0 Å². The molecule has 0 heterocycles. The first-order valence-electron chi connectivity index (χ1n) is 3.59. The molecule has 3 nitrogen and oxygen atoms in total. The highest BCUT2D eigenvalue weighted by atomic mass is 79.9. The average Bonchev–Trinajstić information content (AvgIpc) is 2.04. The van der Waals surface area contributed by atoms with Crippen LogP contribution in [-0.4, -0.2) is 14.8 Å². The van der Waals surface area contributed by atoms with Gasteiger partial charge >= 0.3 is 6.36 Å². The Morgan fingerprint density at radius 1 is 1.31 bits per heavy atom. The van der Waals surface area contributed by atoms with Crippen molar-refractivity contribution < 1.29 is 26.3 Å². The van der Waals surface area contributed by atoms with E-state index in [-0.39, 0.29) is 4.47 Å². The number of halogens is 5. The van der Waals surface area contributed by atoms with Gasteiger partial charge in [-0.3, -0.25) is 0 Å². The maximum absolute atomic E-state index is 11.9. The van der Waals surface area contributed by atoms with Crippen molar-refractivity contribution in [3.05, 3.63) is 22.7 Å². The van der Waals surface area contributed by atoms with Gasteiger partial charge in [0.05, 0.1) is 0 Å². The van der Waals surface area contributed by atoms with E-state index in [1.165, 1.54) is 6.07 Å². The van der Waals surface area contributed by atoms with E-state index in [4.69, 9.17) is 10.7 Å². The molecule has 1 rings (SSSR count). The highest BCUT2D eigenvalue weighted by Gasteiger charge is 2.33. The van der Waals surface area contributed by atoms with Crippen LogP contribution in [0.25, 0.3) is 0 Å². The van der Waals surface area contributed by atoms with Gasteiger partial charge in [-0.05, 0) is 18.2 Å². The van der Waals surface area contributed by atoms with E-state index in [1.807, 2.05) is 0 Å². The summed E-state index contributed by atoms with van der Waals surface area (Å²) in [6.07, 6.45) is -4.98. The van der Waals surface area contributed by atoms with Crippen LogP contribution in [0.4, 0.5) is 13.2 Å². The zero-order valence-corrected chi connectivity index (χ0v) is 10.4. The minimum absolute atomic E-state index is 0.265. The lowest BCUT2D eigenvalue weighted by Crippen LogP contribution is -2.18. The van der Waals surface area contributed by atoms with Gasteiger partial charge in [0.25, 0.3) is 9.05 Å². The molecule has 1 aromatic rings. The molecular weight excluding hydrogens is 336 g/mol. The van der Waals surface area contributed by atoms with E-state index in [0.29, 0.717) is 0 Å². The van der Waals surface area contributed by atoms with Crippen LogP contribution in [0.3, 0.4) is 0 Å². The third-order valence-corrected chi connectivity index (χ3v) is 3.23. The van der Waals surface area contributed by atoms with Gasteiger partial charge in [0.2, 0.25) is 0 Å². The molecule has 9 heteroatoms. The van der Waals surface area contributed by atoms with E-state index < -0.39 is 26.1 Å². The monoisotopic (exact) mass is 338 g/mol. The van der Waals surface area contributed by atoms with Crippen molar-refractivity contribution in [2.24, 2.45) is 0 Å². The highest BCUT2D eigenvalue weighted by Crippen LogP contribution is 2.33. The first-order chi connectivity index (χ1) is 7.09. The van der Waals surface area contributed by atoms with Crippen LogP contribution in [0.2, 0.25) is 0 Å². The summed E-state index contributed by atoms with van der Waals surface area (Å²) in [7, 11) is 0.657. The summed E-state index contributed by atoms with van der Waals surface area (Å²) in [5, 5.41) is 0. The number of ether oxygens (including phenoxy) is 1. The van der Waals surface area contributed by atoms with E-state index in [1.54, 1.807) is 0 Å². The summed E-state index contributed by atoms with van der Waals surface area (Å²) < 4.78 is 61.6. The van der Waals surface area contributed by atoms with Crippen LogP contribution in [0.5, 0.6) is 5.75 Å². The molecule has 0 bridgehead atoms. The van der Waals surface area contributed by atoms with Crippen LogP contribution < -0.4 is 4.74 Å². The second-order valence-electron chi connectivity index (χ2n) is 2.58. The second kappa shape index (κ2) is 4.42. The highest BCUT2D eigenvalue weighted by molar-refractivity contribution is 9.10. The minimum atomic E-state index is -4.98. The fourth-order valence-electron chi connectivity index (χ4n) is 0.881. The van der Waals surface area contributed by atoms with E-state index in [0.717, 1.165) is 12.1 Å². The van der Waals surface area contributed by atoms with Crippen molar-refractivity contribution >= 4 is 35.7 Å². The van der Waals surface area contributed by atoms with E-state index in [2.05, 4.69) is 20.7 Å². The predicted octanol–water partition coefficient (Wildman–Crippen LogP) is 3.28. The molecule has 16 heavy (non-hydrogen) atoms. The third kappa shape index (κ3) is 3.84. The lowest BCUT2D eigenvalue weighted by molar-refractivity contribution is -0.275. The van der Waals surface area contributed by atoms with Gasteiger partial charge in [-0.2, -0.15) is 0 Å². The summed E-state index contributed by atoms with van der Waals surface area (Å²) in [5.41, 5.74) is 0. The Morgan fingerprint density at radius 3 is 2.31 bits per heavy atom. The van der Waals surface area contributed by atoms with Crippen LogP contribution in [-0.2, 0) is 9.05 Å². The predicted molar refractivity (Wildman–Crippen MR) is 53.9 cm³/mol. The van der Waals surface area contributed by atoms with Crippen LogP contribution >= 0.6 is 26.6 Å². The van der Waals surface area contributed by atoms with Crippen LogP contribution in [0, 0.1) is 0 Å². The second-order valence-corrected chi connectivity index (χ2v) is 6.03. The molecular formula is C7H3BrClF3O3S. The molecule has 0 spiro atoms. The van der Waals surface area contributed by atoms with Gasteiger partial charge in [0.1, 0.15) is 10.6 Å². The molecule has 1 aromatic carbocycles. The van der Waals surface area contributed by atoms with Gasteiger partial charge in [-0.25, -0.2) is 8.42 Å². The Hall–Kier alpha value is -0.470. The van der Waals surface area contributed by atoms with Gasteiger partial charge in [0, 0.05) is 15.2 Å². The summed E-state index contributed by atoms with van der Waals surface area (Å²) >= 11 is 2.91. The smallest absolute Gasteiger partial charge is 0.404 e. The topological polar surface area (TPSA) is 43.4 Å². The molecule has 90 valence electrons. The maximum Gasteiger partial charge on any atom is 0.573 e. The van der Waals surface area contributed by atoms with Crippen molar-refractivity contribution in [3.63, 3.8) is 0 Å². The fraction of sp³-hybridized carbons (Fsp3) is 0.143. The van der Waals surface area contributed by atoms with E-state index >= 15 is 0 Å². The average molecular weight is 340 g/mol. The Labute approximate surface area is 102 Å².